The molecule has 0 radical (unpaired) electrons. The fourth-order valence-corrected chi connectivity index (χ4v) is 0.815. The van der Waals surface area contributed by atoms with E-state index in [0.717, 1.165) is 5.56 Å². The zero-order valence-electron chi connectivity index (χ0n) is 6.67. The van der Waals surface area contributed by atoms with E-state index in [4.69, 9.17) is 5.73 Å². The summed E-state index contributed by atoms with van der Waals surface area (Å²) in [5.41, 5.74) is 6.07. The summed E-state index contributed by atoms with van der Waals surface area (Å²) in [5.74, 6) is 0. The molecule has 12 heavy (non-hydrogen) atoms. The summed E-state index contributed by atoms with van der Waals surface area (Å²) < 4.78 is 24.0. The summed E-state index contributed by atoms with van der Waals surface area (Å²) in [5, 5.41) is 0. The highest BCUT2D eigenvalue weighted by Gasteiger charge is 2.08. The van der Waals surface area contributed by atoms with Gasteiger partial charge >= 0.3 is 0 Å². The average molecular weight is 172 g/mol. The van der Waals surface area contributed by atoms with Gasteiger partial charge in [-0.05, 0) is 18.6 Å². The van der Waals surface area contributed by atoms with Crippen molar-refractivity contribution in [3.63, 3.8) is 0 Å². The maximum atomic E-state index is 12.0. The van der Waals surface area contributed by atoms with Gasteiger partial charge in [-0.25, -0.2) is 8.78 Å². The Kier molecular flexibility index (Phi) is 2.70. The Morgan fingerprint density at radius 3 is 2.42 bits per heavy atom. The lowest BCUT2D eigenvalue weighted by Crippen LogP contribution is -2.05. The third-order valence-electron chi connectivity index (χ3n) is 1.56. The molecule has 66 valence electrons. The molecule has 0 aromatic carbocycles. The van der Waals surface area contributed by atoms with Crippen LogP contribution in [-0.4, -0.2) is 4.98 Å². The van der Waals surface area contributed by atoms with E-state index in [0.29, 0.717) is 0 Å². The van der Waals surface area contributed by atoms with Crippen LogP contribution in [0.1, 0.15) is 30.6 Å². The summed E-state index contributed by atoms with van der Waals surface area (Å²) in [7, 11) is 0. The standard InChI is InChI=1S/C8H10F2N2/c1-5(11)6-2-3-7(8(9)10)12-4-6/h2-5,8H,11H2,1H3/t5-/m1/s1. The predicted molar refractivity (Wildman–Crippen MR) is 41.8 cm³/mol. The Morgan fingerprint density at radius 2 is 2.08 bits per heavy atom. The minimum absolute atomic E-state index is 0.163. The van der Waals surface area contributed by atoms with Crippen LogP contribution in [-0.2, 0) is 0 Å². The van der Waals surface area contributed by atoms with Crippen LogP contribution in [0, 0.1) is 0 Å². The van der Waals surface area contributed by atoms with Crippen LogP contribution in [0.2, 0.25) is 0 Å². The molecular formula is C8H10F2N2. The van der Waals surface area contributed by atoms with Crippen molar-refractivity contribution in [1.82, 2.24) is 4.98 Å². The van der Waals surface area contributed by atoms with Crippen molar-refractivity contribution in [1.29, 1.82) is 0 Å². The van der Waals surface area contributed by atoms with Gasteiger partial charge in [0.1, 0.15) is 5.69 Å². The molecule has 0 aliphatic heterocycles. The summed E-state index contributed by atoms with van der Waals surface area (Å²) >= 11 is 0. The second-order valence-corrected chi connectivity index (χ2v) is 2.61. The van der Waals surface area contributed by atoms with Gasteiger partial charge < -0.3 is 5.73 Å². The maximum Gasteiger partial charge on any atom is 0.280 e. The van der Waals surface area contributed by atoms with Crippen LogP contribution < -0.4 is 5.73 Å². The highest BCUT2D eigenvalue weighted by Crippen LogP contribution is 2.17. The lowest BCUT2D eigenvalue weighted by molar-refractivity contribution is 0.146. The van der Waals surface area contributed by atoms with Gasteiger partial charge in [0.05, 0.1) is 0 Å². The molecule has 0 bridgehead atoms. The Bertz CT molecular complexity index is 217. The van der Waals surface area contributed by atoms with Gasteiger partial charge in [-0.3, -0.25) is 4.98 Å². The number of nitrogens with two attached hydrogens (primary N) is 1. The Balaban J connectivity index is 2.86. The van der Waals surface area contributed by atoms with E-state index in [1.807, 2.05) is 0 Å². The van der Waals surface area contributed by atoms with E-state index < -0.39 is 6.43 Å². The maximum absolute atomic E-state index is 12.0. The molecule has 0 saturated carbocycles. The third kappa shape index (κ3) is 1.98. The van der Waals surface area contributed by atoms with Crippen LogP contribution in [0.5, 0.6) is 0 Å². The summed E-state index contributed by atoms with van der Waals surface area (Å²) in [4.78, 5) is 3.57. The average Bonchev–Trinajstić information content (AvgIpc) is 2.04. The third-order valence-corrected chi connectivity index (χ3v) is 1.56. The number of aromatic nitrogens is 1. The van der Waals surface area contributed by atoms with E-state index in [2.05, 4.69) is 4.98 Å². The molecule has 0 spiro atoms. The number of hydrogen-bond donors (Lipinski definition) is 1. The van der Waals surface area contributed by atoms with Crippen LogP contribution in [0.4, 0.5) is 8.78 Å². The SMILES string of the molecule is C[C@@H](N)c1ccc(C(F)F)nc1. The zero-order chi connectivity index (χ0) is 9.14. The molecule has 4 heteroatoms. The molecule has 2 N–H and O–H groups in total. The van der Waals surface area contributed by atoms with Crippen LogP contribution in [0.15, 0.2) is 18.3 Å². The van der Waals surface area contributed by atoms with Crippen molar-refractivity contribution in [3.05, 3.63) is 29.6 Å². The highest BCUT2D eigenvalue weighted by molar-refractivity contribution is 5.17. The Hall–Kier alpha value is -1.03. The first kappa shape index (κ1) is 9.06. The summed E-state index contributed by atoms with van der Waals surface area (Å²) in [6.45, 7) is 1.78. The Labute approximate surface area is 69.4 Å². The molecule has 1 aromatic rings. The number of halogens is 2. The molecule has 0 amide bonds. The van der Waals surface area contributed by atoms with Crippen molar-refractivity contribution in [2.24, 2.45) is 5.73 Å². The van der Waals surface area contributed by atoms with Crippen LogP contribution in [0.25, 0.3) is 0 Å². The van der Waals surface area contributed by atoms with Crippen molar-refractivity contribution in [3.8, 4) is 0 Å². The molecule has 1 rings (SSSR count). The largest absolute Gasteiger partial charge is 0.324 e. The molecule has 0 saturated heterocycles. The number of nitrogens with zero attached hydrogens (tertiary/aromatic N) is 1. The van der Waals surface area contributed by atoms with Crippen LogP contribution in [0.3, 0.4) is 0 Å². The second kappa shape index (κ2) is 3.58. The zero-order valence-corrected chi connectivity index (χ0v) is 6.67. The normalized spacial score (nSPS) is 13.4. The molecule has 2 nitrogen and oxygen atoms in total. The lowest BCUT2D eigenvalue weighted by atomic mass is 10.1. The minimum Gasteiger partial charge on any atom is -0.324 e. The van der Waals surface area contributed by atoms with Gasteiger partial charge in [-0.1, -0.05) is 6.07 Å². The van der Waals surface area contributed by atoms with Crippen LogP contribution >= 0.6 is 0 Å². The molecule has 1 atom stereocenters. The first-order valence-corrected chi connectivity index (χ1v) is 3.61. The van der Waals surface area contributed by atoms with E-state index in [1.165, 1.54) is 12.3 Å². The van der Waals surface area contributed by atoms with Gasteiger partial charge in [0.15, 0.2) is 0 Å². The van der Waals surface area contributed by atoms with E-state index in [-0.39, 0.29) is 11.7 Å². The predicted octanol–water partition coefficient (Wildman–Crippen LogP) is 2.04. The fraction of sp³-hybridized carbons (Fsp3) is 0.375. The number of hydrogen-bond acceptors (Lipinski definition) is 2. The second-order valence-electron chi connectivity index (χ2n) is 2.61. The van der Waals surface area contributed by atoms with Gasteiger partial charge in [0, 0.05) is 12.2 Å². The van der Waals surface area contributed by atoms with Crippen molar-refractivity contribution in [2.75, 3.05) is 0 Å². The van der Waals surface area contributed by atoms with Gasteiger partial charge in [-0.15, -0.1) is 0 Å². The van der Waals surface area contributed by atoms with Crippen molar-refractivity contribution >= 4 is 0 Å². The summed E-state index contributed by atoms with van der Waals surface area (Å²) in [6.07, 6.45) is -1.13. The molecule has 0 unspecified atom stereocenters. The molecule has 1 heterocycles. The number of rotatable bonds is 2. The minimum atomic E-state index is -2.51. The first-order valence-electron chi connectivity index (χ1n) is 3.61. The fourth-order valence-electron chi connectivity index (χ4n) is 0.815. The number of alkyl halides is 2. The van der Waals surface area contributed by atoms with Gasteiger partial charge in [-0.2, -0.15) is 0 Å². The Morgan fingerprint density at radius 1 is 1.42 bits per heavy atom. The van der Waals surface area contributed by atoms with E-state index >= 15 is 0 Å². The highest BCUT2D eigenvalue weighted by atomic mass is 19.3. The van der Waals surface area contributed by atoms with Gasteiger partial charge in [0.25, 0.3) is 6.43 Å². The molecule has 0 aliphatic rings. The summed E-state index contributed by atoms with van der Waals surface area (Å²) in [6, 6.07) is 2.70. The first-order chi connectivity index (χ1) is 5.61. The van der Waals surface area contributed by atoms with Crippen molar-refractivity contribution in [2.45, 2.75) is 19.4 Å². The lowest BCUT2D eigenvalue weighted by Gasteiger charge is -2.04. The van der Waals surface area contributed by atoms with Crippen molar-refractivity contribution < 1.29 is 8.78 Å². The molecule has 0 fully saturated rings. The smallest absolute Gasteiger partial charge is 0.280 e. The quantitative estimate of drug-likeness (QED) is 0.741. The molecular weight excluding hydrogens is 162 g/mol. The topological polar surface area (TPSA) is 38.9 Å². The van der Waals surface area contributed by atoms with E-state index in [1.54, 1.807) is 13.0 Å². The number of pyridine rings is 1. The molecule has 1 aromatic heterocycles. The monoisotopic (exact) mass is 172 g/mol. The molecule has 0 aliphatic carbocycles. The van der Waals surface area contributed by atoms with Gasteiger partial charge in [0.2, 0.25) is 0 Å². The van der Waals surface area contributed by atoms with E-state index in [9.17, 15) is 8.78 Å².